The molecular weight excluding hydrogens is 446 g/mol. The fraction of sp³-hybridized carbons (Fsp3) is 0.296. The Balaban J connectivity index is 1.37. The zero-order valence-corrected chi connectivity index (χ0v) is 19.9. The first-order valence-electron chi connectivity index (χ1n) is 11.8. The summed E-state index contributed by atoms with van der Waals surface area (Å²) in [6.45, 7) is 5.99. The van der Waals surface area contributed by atoms with Crippen molar-refractivity contribution >= 4 is 22.4 Å². The molecule has 4 aromatic rings. The van der Waals surface area contributed by atoms with Crippen LogP contribution in [0.5, 0.6) is 0 Å². The lowest BCUT2D eigenvalue weighted by molar-refractivity contribution is 0.356. The van der Waals surface area contributed by atoms with Gasteiger partial charge in [0.25, 0.3) is 0 Å². The first-order valence-corrected chi connectivity index (χ1v) is 11.8. The minimum Gasteiger partial charge on any atom is -0.382 e. The molecule has 0 bridgehead atoms. The van der Waals surface area contributed by atoms with E-state index in [2.05, 4.69) is 32.1 Å². The van der Waals surface area contributed by atoms with Crippen LogP contribution in [0, 0.1) is 18.6 Å². The van der Waals surface area contributed by atoms with Crippen molar-refractivity contribution < 1.29 is 8.78 Å². The quantitative estimate of drug-likeness (QED) is 0.380. The van der Waals surface area contributed by atoms with Gasteiger partial charge in [0.15, 0.2) is 17.5 Å². The molecule has 1 unspecified atom stereocenters. The number of rotatable bonds is 6. The van der Waals surface area contributed by atoms with Crippen LogP contribution in [0.3, 0.4) is 0 Å². The first-order chi connectivity index (χ1) is 16.9. The SMILES string of the molecule is C=C(N[C@@H]1CCCC(N(C)c2nc(-c3[nH]nc4c(C)cc(F)cc34)ncc2F)C1)c1ccccc1. The van der Waals surface area contributed by atoms with Gasteiger partial charge in [-0.3, -0.25) is 5.10 Å². The van der Waals surface area contributed by atoms with Gasteiger partial charge in [-0.25, -0.2) is 18.7 Å². The number of halogens is 2. The van der Waals surface area contributed by atoms with Gasteiger partial charge in [0, 0.05) is 30.2 Å². The monoisotopic (exact) mass is 474 g/mol. The molecule has 2 aromatic heterocycles. The predicted molar refractivity (Wildman–Crippen MR) is 135 cm³/mol. The summed E-state index contributed by atoms with van der Waals surface area (Å²) < 4.78 is 29.0. The normalized spacial score (nSPS) is 17.9. The van der Waals surface area contributed by atoms with Crippen LogP contribution < -0.4 is 10.2 Å². The van der Waals surface area contributed by atoms with Gasteiger partial charge in [-0.1, -0.05) is 36.9 Å². The number of aryl methyl sites for hydroxylation is 1. The molecule has 0 radical (unpaired) electrons. The average Bonchev–Trinajstić information content (AvgIpc) is 3.29. The standard InChI is InChI=1S/C27H28F2N6/c1-16-12-19(28)13-22-24(16)33-34-25(22)26-30-15-23(29)27(32-26)35(3)21-11-7-10-20(14-21)31-17(2)18-8-5-4-6-9-18/h4-6,8-9,12-13,15,20-21,31H,2,7,10-11,14H2,1,3H3,(H,33,34)/t20-,21?/m1/s1. The third-order valence-corrected chi connectivity index (χ3v) is 6.79. The molecule has 8 heteroatoms. The molecule has 0 amide bonds. The Labute approximate surface area is 203 Å². The van der Waals surface area contributed by atoms with Gasteiger partial charge in [-0.05, 0) is 55.9 Å². The number of nitrogens with one attached hydrogen (secondary N) is 2. The Morgan fingerprint density at radius 1 is 1.17 bits per heavy atom. The summed E-state index contributed by atoms with van der Waals surface area (Å²) >= 11 is 0. The Hall–Kier alpha value is -3.81. The fourth-order valence-electron chi connectivity index (χ4n) is 4.93. The van der Waals surface area contributed by atoms with E-state index in [1.54, 1.807) is 6.92 Å². The van der Waals surface area contributed by atoms with Crippen LogP contribution in [-0.2, 0) is 0 Å². The van der Waals surface area contributed by atoms with Crippen molar-refractivity contribution in [3.8, 4) is 11.5 Å². The third-order valence-electron chi connectivity index (χ3n) is 6.79. The summed E-state index contributed by atoms with van der Waals surface area (Å²) in [6, 6.07) is 13.2. The zero-order valence-electron chi connectivity index (χ0n) is 19.9. The molecule has 35 heavy (non-hydrogen) atoms. The van der Waals surface area contributed by atoms with Crippen molar-refractivity contribution in [2.75, 3.05) is 11.9 Å². The highest BCUT2D eigenvalue weighted by Crippen LogP contribution is 2.31. The Morgan fingerprint density at radius 2 is 1.97 bits per heavy atom. The van der Waals surface area contributed by atoms with E-state index in [0.717, 1.165) is 36.9 Å². The van der Waals surface area contributed by atoms with Crippen LogP contribution in [-0.4, -0.2) is 39.3 Å². The highest BCUT2D eigenvalue weighted by molar-refractivity contribution is 5.93. The van der Waals surface area contributed by atoms with Crippen molar-refractivity contribution in [2.45, 2.75) is 44.7 Å². The molecular formula is C27H28F2N6. The second-order valence-electron chi connectivity index (χ2n) is 9.20. The number of benzene rings is 2. The fourth-order valence-corrected chi connectivity index (χ4v) is 4.93. The first kappa shape index (κ1) is 23.0. The molecule has 2 aromatic carbocycles. The van der Waals surface area contributed by atoms with Crippen LogP contribution in [0.1, 0.15) is 36.8 Å². The number of H-pyrrole nitrogens is 1. The van der Waals surface area contributed by atoms with Gasteiger partial charge in [0.2, 0.25) is 0 Å². The minimum atomic E-state index is -0.494. The van der Waals surface area contributed by atoms with Crippen LogP contribution >= 0.6 is 0 Å². The predicted octanol–water partition coefficient (Wildman–Crippen LogP) is 5.61. The Kier molecular flexibility index (Phi) is 6.19. The molecule has 0 spiro atoms. The van der Waals surface area contributed by atoms with Crippen LogP contribution in [0.25, 0.3) is 28.1 Å². The van der Waals surface area contributed by atoms with E-state index in [9.17, 15) is 8.78 Å². The molecule has 0 saturated heterocycles. The molecule has 2 heterocycles. The van der Waals surface area contributed by atoms with E-state index < -0.39 is 5.82 Å². The number of nitrogens with zero attached hydrogens (tertiary/aromatic N) is 4. The lowest BCUT2D eigenvalue weighted by Crippen LogP contribution is -2.43. The molecule has 2 N–H and O–H groups in total. The van der Waals surface area contributed by atoms with Crippen molar-refractivity contribution in [2.24, 2.45) is 0 Å². The molecule has 1 saturated carbocycles. The number of anilines is 1. The largest absolute Gasteiger partial charge is 0.382 e. The number of hydrogen-bond acceptors (Lipinski definition) is 5. The topological polar surface area (TPSA) is 69.7 Å². The van der Waals surface area contributed by atoms with Crippen molar-refractivity contribution in [1.82, 2.24) is 25.5 Å². The molecule has 1 aliphatic carbocycles. The molecule has 2 atom stereocenters. The van der Waals surface area contributed by atoms with Crippen molar-refractivity contribution in [1.29, 1.82) is 0 Å². The summed E-state index contributed by atoms with van der Waals surface area (Å²) in [4.78, 5) is 10.6. The van der Waals surface area contributed by atoms with E-state index in [1.165, 1.54) is 18.3 Å². The molecule has 6 nitrogen and oxygen atoms in total. The lowest BCUT2D eigenvalue weighted by Gasteiger charge is -2.37. The van der Waals surface area contributed by atoms with E-state index in [0.29, 0.717) is 22.2 Å². The minimum absolute atomic E-state index is 0.0975. The maximum atomic E-state index is 14.9. The second-order valence-corrected chi connectivity index (χ2v) is 9.20. The molecule has 0 aliphatic heterocycles. The summed E-state index contributed by atoms with van der Waals surface area (Å²) in [6.07, 6.45) is 4.97. The van der Waals surface area contributed by atoms with Crippen LogP contribution in [0.2, 0.25) is 0 Å². The second kappa shape index (κ2) is 9.44. The van der Waals surface area contributed by atoms with Crippen molar-refractivity contribution in [3.63, 3.8) is 0 Å². The Bertz CT molecular complexity index is 1370. The summed E-state index contributed by atoms with van der Waals surface area (Å²) in [7, 11) is 1.86. The number of hydrogen-bond donors (Lipinski definition) is 2. The number of aromatic nitrogens is 4. The third kappa shape index (κ3) is 4.60. The number of aromatic amines is 1. The molecule has 1 aliphatic rings. The van der Waals surface area contributed by atoms with Gasteiger partial charge < -0.3 is 10.2 Å². The van der Waals surface area contributed by atoms with Crippen LogP contribution in [0.15, 0.2) is 55.2 Å². The maximum absolute atomic E-state index is 14.9. The summed E-state index contributed by atoms with van der Waals surface area (Å²) in [5, 5.41) is 11.3. The lowest BCUT2D eigenvalue weighted by atomic mass is 9.89. The van der Waals surface area contributed by atoms with Gasteiger partial charge >= 0.3 is 0 Å². The van der Waals surface area contributed by atoms with Gasteiger partial charge in [0.05, 0.1) is 11.7 Å². The van der Waals surface area contributed by atoms with E-state index >= 15 is 0 Å². The average molecular weight is 475 g/mol. The van der Waals surface area contributed by atoms with Gasteiger partial charge in [0.1, 0.15) is 11.5 Å². The summed E-state index contributed by atoms with van der Waals surface area (Å²) in [5.74, 6) is -0.358. The van der Waals surface area contributed by atoms with E-state index in [1.807, 2.05) is 42.3 Å². The molecule has 180 valence electrons. The zero-order chi connectivity index (χ0) is 24.5. The van der Waals surface area contributed by atoms with Crippen LogP contribution in [0.4, 0.5) is 14.6 Å². The van der Waals surface area contributed by atoms with Crippen molar-refractivity contribution in [3.05, 3.63) is 78.0 Å². The van der Waals surface area contributed by atoms with Gasteiger partial charge in [-0.2, -0.15) is 5.10 Å². The molecule has 1 fully saturated rings. The summed E-state index contributed by atoms with van der Waals surface area (Å²) in [5.41, 5.74) is 3.78. The van der Waals surface area contributed by atoms with E-state index in [-0.39, 0.29) is 29.5 Å². The smallest absolute Gasteiger partial charge is 0.183 e. The highest BCUT2D eigenvalue weighted by Gasteiger charge is 2.28. The maximum Gasteiger partial charge on any atom is 0.183 e. The van der Waals surface area contributed by atoms with Gasteiger partial charge in [-0.15, -0.1) is 0 Å². The highest BCUT2D eigenvalue weighted by atomic mass is 19.1. The van der Waals surface area contributed by atoms with E-state index in [4.69, 9.17) is 0 Å². The number of fused-ring (bicyclic) bond motifs is 1. The Morgan fingerprint density at radius 3 is 2.77 bits per heavy atom. The molecule has 5 rings (SSSR count).